The van der Waals surface area contributed by atoms with Gasteiger partial charge in [-0.05, 0) is 38.0 Å². The molecule has 3 heteroatoms. The first-order valence-electron chi connectivity index (χ1n) is 6.47. The molecule has 3 rings (SSSR count). The summed E-state index contributed by atoms with van der Waals surface area (Å²) < 4.78 is 7.81. The van der Waals surface area contributed by atoms with Crippen LogP contribution >= 0.6 is 0 Å². The molecule has 0 fully saturated rings. The lowest BCUT2D eigenvalue weighted by molar-refractivity contribution is 0.256. The molecule has 0 N–H and O–H groups in total. The van der Waals surface area contributed by atoms with E-state index in [1.54, 1.807) is 0 Å². The summed E-state index contributed by atoms with van der Waals surface area (Å²) in [6, 6.07) is 10.5. The van der Waals surface area contributed by atoms with Gasteiger partial charge < -0.3 is 4.74 Å². The number of ether oxygens (including phenoxy) is 1. The molecule has 0 saturated carbocycles. The number of fused-ring (bicyclic) bond motifs is 1. The molecule has 0 radical (unpaired) electrons. The van der Waals surface area contributed by atoms with Crippen LogP contribution in [0.4, 0.5) is 0 Å². The van der Waals surface area contributed by atoms with Gasteiger partial charge in [-0.25, -0.2) is 0 Å². The number of rotatable bonds is 2. The molecule has 1 unspecified atom stereocenters. The van der Waals surface area contributed by atoms with Crippen LogP contribution in [0.3, 0.4) is 0 Å². The monoisotopic (exact) mass is 242 g/mol. The standard InChI is InChI=1S/C15H18N2O/c1-11-9-12(2)17(16-11)10-13-7-8-18-15-6-4-3-5-14(13)15/h3-6,9,13H,7-8,10H2,1-2H3. The van der Waals surface area contributed by atoms with Gasteiger partial charge in [-0.15, -0.1) is 0 Å². The number of aryl methyl sites for hydroxylation is 2. The molecule has 3 nitrogen and oxygen atoms in total. The SMILES string of the molecule is Cc1cc(C)n(CC2CCOc3ccccc32)n1. The summed E-state index contributed by atoms with van der Waals surface area (Å²) in [7, 11) is 0. The first kappa shape index (κ1) is 11.3. The molecule has 94 valence electrons. The third-order valence-electron chi connectivity index (χ3n) is 3.58. The molecule has 0 saturated heterocycles. The van der Waals surface area contributed by atoms with Crippen LogP contribution < -0.4 is 4.74 Å². The van der Waals surface area contributed by atoms with Crippen LogP contribution in [0, 0.1) is 13.8 Å². The zero-order valence-electron chi connectivity index (χ0n) is 10.9. The van der Waals surface area contributed by atoms with Gasteiger partial charge in [0.05, 0.1) is 12.3 Å². The van der Waals surface area contributed by atoms with Gasteiger partial charge in [0.15, 0.2) is 0 Å². The largest absolute Gasteiger partial charge is 0.493 e. The Hall–Kier alpha value is -1.77. The van der Waals surface area contributed by atoms with E-state index in [0.29, 0.717) is 5.92 Å². The van der Waals surface area contributed by atoms with Crippen LogP contribution in [0.2, 0.25) is 0 Å². The molecule has 1 atom stereocenters. The highest BCUT2D eigenvalue weighted by Crippen LogP contribution is 2.34. The predicted molar refractivity (Wildman–Crippen MR) is 71.0 cm³/mol. The summed E-state index contributed by atoms with van der Waals surface area (Å²) in [5.74, 6) is 1.54. The smallest absolute Gasteiger partial charge is 0.122 e. The minimum absolute atomic E-state index is 0.507. The summed E-state index contributed by atoms with van der Waals surface area (Å²) in [5.41, 5.74) is 3.64. The van der Waals surface area contributed by atoms with E-state index in [9.17, 15) is 0 Å². The van der Waals surface area contributed by atoms with Crippen molar-refractivity contribution in [3.63, 3.8) is 0 Å². The average molecular weight is 242 g/mol. The van der Waals surface area contributed by atoms with Crippen molar-refractivity contribution in [2.45, 2.75) is 32.7 Å². The lowest BCUT2D eigenvalue weighted by Crippen LogP contribution is -2.19. The van der Waals surface area contributed by atoms with E-state index in [2.05, 4.69) is 41.0 Å². The molecule has 18 heavy (non-hydrogen) atoms. The van der Waals surface area contributed by atoms with Gasteiger partial charge in [0.1, 0.15) is 5.75 Å². The average Bonchev–Trinajstić information content (AvgIpc) is 2.68. The fraction of sp³-hybridized carbons (Fsp3) is 0.400. The molecule has 1 aromatic carbocycles. The highest BCUT2D eigenvalue weighted by atomic mass is 16.5. The minimum Gasteiger partial charge on any atom is -0.493 e. The fourth-order valence-corrected chi connectivity index (χ4v) is 2.67. The normalized spacial score (nSPS) is 18.2. The predicted octanol–water partition coefficient (Wildman–Crippen LogP) is 3.07. The number of hydrogen-bond acceptors (Lipinski definition) is 2. The molecule has 1 aliphatic heterocycles. The van der Waals surface area contributed by atoms with Crippen LogP contribution in [0.25, 0.3) is 0 Å². The second kappa shape index (κ2) is 4.48. The van der Waals surface area contributed by atoms with Crippen molar-refractivity contribution in [2.75, 3.05) is 6.61 Å². The van der Waals surface area contributed by atoms with Gasteiger partial charge in [-0.3, -0.25) is 4.68 Å². The number of nitrogens with zero attached hydrogens (tertiary/aromatic N) is 2. The molecular formula is C15H18N2O. The Labute approximate surface area is 107 Å². The van der Waals surface area contributed by atoms with Crippen molar-refractivity contribution in [1.82, 2.24) is 9.78 Å². The Balaban J connectivity index is 1.88. The molecule has 0 aliphatic carbocycles. The lowest BCUT2D eigenvalue weighted by atomic mass is 9.93. The van der Waals surface area contributed by atoms with E-state index in [4.69, 9.17) is 4.74 Å². The molecule has 0 spiro atoms. The molecule has 1 aliphatic rings. The van der Waals surface area contributed by atoms with Crippen molar-refractivity contribution in [3.8, 4) is 5.75 Å². The van der Waals surface area contributed by atoms with E-state index < -0.39 is 0 Å². The Morgan fingerprint density at radius 1 is 1.33 bits per heavy atom. The Morgan fingerprint density at radius 3 is 2.94 bits per heavy atom. The van der Waals surface area contributed by atoms with Crippen molar-refractivity contribution in [3.05, 3.63) is 47.3 Å². The third-order valence-corrected chi connectivity index (χ3v) is 3.58. The van der Waals surface area contributed by atoms with E-state index >= 15 is 0 Å². The van der Waals surface area contributed by atoms with Crippen LogP contribution in [0.15, 0.2) is 30.3 Å². The Kier molecular flexibility index (Phi) is 2.82. The van der Waals surface area contributed by atoms with Crippen LogP contribution in [-0.4, -0.2) is 16.4 Å². The first-order chi connectivity index (χ1) is 8.74. The second-order valence-corrected chi connectivity index (χ2v) is 4.98. The molecule has 2 aromatic rings. The summed E-state index contributed by atoms with van der Waals surface area (Å²) in [5, 5.41) is 4.55. The van der Waals surface area contributed by atoms with Crippen molar-refractivity contribution in [1.29, 1.82) is 0 Å². The minimum atomic E-state index is 0.507. The molecule has 0 bridgehead atoms. The number of aromatic nitrogens is 2. The summed E-state index contributed by atoms with van der Waals surface area (Å²) >= 11 is 0. The van der Waals surface area contributed by atoms with Crippen LogP contribution in [-0.2, 0) is 6.54 Å². The number of para-hydroxylation sites is 1. The maximum absolute atomic E-state index is 5.70. The summed E-state index contributed by atoms with van der Waals surface area (Å²) in [6.45, 7) is 5.91. The van der Waals surface area contributed by atoms with Crippen molar-refractivity contribution < 1.29 is 4.74 Å². The van der Waals surface area contributed by atoms with E-state index in [0.717, 1.165) is 31.0 Å². The van der Waals surface area contributed by atoms with Gasteiger partial charge in [0.2, 0.25) is 0 Å². The maximum atomic E-state index is 5.70. The van der Waals surface area contributed by atoms with Crippen molar-refractivity contribution in [2.24, 2.45) is 0 Å². The Morgan fingerprint density at radius 2 is 2.17 bits per heavy atom. The highest BCUT2D eigenvalue weighted by Gasteiger charge is 2.22. The van der Waals surface area contributed by atoms with Crippen LogP contribution in [0.5, 0.6) is 5.75 Å². The quantitative estimate of drug-likeness (QED) is 0.809. The zero-order valence-corrected chi connectivity index (χ0v) is 10.9. The van der Waals surface area contributed by atoms with E-state index in [1.807, 2.05) is 13.0 Å². The lowest BCUT2D eigenvalue weighted by Gasteiger charge is -2.26. The molecule has 0 amide bonds. The summed E-state index contributed by atoms with van der Waals surface area (Å²) in [4.78, 5) is 0. The summed E-state index contributed by atoms with van der Waals surface area (Å²) in [6.07, 6.45) is 1.06. The Bertz CT molecular complexity index is 559. The molecular weight excluding hydrogens is 224 g/mol. The number of hydrogen-bond donors (Lipinski definition) is 0. The van der Waals surface area contributed by atoms with Gasteiger partial charge in [0, 0.05) is 18.2 Å². The molecule has 2 heterocycles. The van der Waals surface area contributed by atoms with Crippen LogP contribution in [0.1, 0.15) is 29.3 Å². The highest BCUT2D eigenvalue weighted by molar-refractivity contribution is 5.37. The van der Waals surface area contributed by atoms with E-state index in [1.165, 1.54) is 11.3 Å². The third kappa shape index (κ3) is 2.01. The first-order valence-corrected chi connectivity index (χ1v) is 6.47. The van der Waals surface area contributed by atoms with Gasteiger partial charge in [-0.1, -0.05) is 18.2 Å². The second-order valence-electron chi connectivity index (χ2n) is 4.98. The maximum Gasteiger partial charge on any atom is 0.122 e. The zero-order chi connectivity index (χ0) is 12.5. The topological polar surface area (TPSA) is 27.1 Å². The van der Waals surface area contributed by atoms with E-state index in [-0.39, 0.29) is 0 Å². The molecule has 1 aromatic heterocycles. The fourth-order valence-electron chi connectivity index (χ4n) is 2.67. The number of benzene rings is 1. The van der Waals surface area contributed by atoms with Gasteiger partial charge in [0.25, 0.3) is 0 Å². The van der Waals surface area contributed by atoms with Gasteiger partial charge >= 0.3 is 0 Å². The van der Waals surface area contributed by atoms with Crippen molar-refractivity contribution >= 4 is 0 Å². The van der Waals surface area contributed by atoms with Gasteiger partial charge in [-0.2, -0.15) is 5.10 Å².